The molecule has 2 aliphatic rings. The van der Waals surface area contributed by atoms with E-state index in [9.17, 15) is 26.4 Å². The summed E-state index contributed by atoms with van der Waals surface area (Å²) in [6, 6.07) is 0.569. The van der Waals surface area contributed by atoms with Crippen molar-refractivity contribution in [3.05, 3.63) is 29.6 Å². The average Bonchev–Trinajstić information content (AvgIpc) is 2.69. The van der Waals surface area contributed by atoms with Crippen LogP contribution in [0.4, 0.5) is 18.0 Å². The zero-order valence-corrected chi connectivity index (χ0v) is 14.3. The first-order valence-corrected chi connectivity index (χ1v) is 9.17. The summed E-state index contributed by atoms with van der Waals surface area (Å²) >= 11 is 0. The van der Waals surface area contributed by atoms with Gasteiger partial charge in [-0.1, -0.05) is 0 Å². The number of hydrogen-bond donors (Lipinski definition) is 0. The lowest BCUT2D eigenvalue weighted by molar-refractivity contribution is 0.0460. The number of amides is 1. The second-order valence-corrected chi connectivity index (χ2v) is 8.27. The molecule has 25 heavy (non-hydrogen) atoms. The van der Waals surface area contributed by atoms with Gasteiger partial charge in [-0.25, -0.2) is 26.4 Å². The lowest BCUT2D eigenvalue weighted by Gasteiger charge is -2.25. The van der Waals surface area contributed by atoms with Crippen LogP contribution >= 0.6 is 0 Å². The van der Waals surface area contributed by atoms with Gasteiger partial charge in [0.2, 0.25) is 10.0 Å². The molecule has 1 spiro atoms. The Morgan fingerprint density at radius 3 is 2.40 bits per heavy atom. The van der Waals surface area contributed by atoms with Crippen LogP contribution in [0, 0.1) is 17.5 Å². The molecule has 2 fully saturated rings. The zero-order valence-electron chi connectivity index (χ0n) is 13.5. The van der Waals surface area contributed by atoms with E-state index in [1.54, 1.807) is 7.05 Å². The number of likely N-dealkylation sites (N-methyl/N-ethyl adjacent to an activating group) is 1. The Balaban J connectivity index is 1.85. The molecular formula is C15H17F3N2O4S. The van der Waals surface area contributed by atoms with Gasteiger partial charge in [0.1, 0.15) is 16.3 Å². The summed E-state index contributed by atoms with van der Waals surface area (Å²) in [5, 5.41) is 0. The lowest BCUT2D eigenvalue weighted by Crippen LogP contribution is -2.37. The second kappa shape index (κ2) is 6.17. The van der Waals surface area contributed by atoms with Gasteiger partial charge < -0.3 is 9.64 Å². The van der Waals surface area contributed by atoms with Gasteiger partial charge >= 0.3 is 6.09 Å². The number of carbonyl (C=O) groups excluding carboxylic acids is 1. The van der Waals surface area contributed by atoms with Crippen molar-refractivity contribution in [3.63, 3.8) is 0 Å². The molecule has 6 nitrogen and oxygen atoms in total. The first kappa shape index (κ1) is 18.0. The molecule has 3 rings (SSSR count). The maximum absolute atomic E-state index is 13.9. The number of carbonyl (C=O) groups is 1. The van der Waals surface area contributed by atoms with Crippen LogP contribution < -0.4 is 0 Å². The first-order chi connectivity index (χ1) is 11.6. The highest BCUT2D eigenvalue weighted by atomic mass is 32.2. The standard InChI is InChI=1S/C15H17F3N2O4S/c1-19-9-15(24-14(19)21)3-2-5-20(6-4-15)25(22,23)13-8-11(17)10(16)7-12(13)18/h7-8H,2-6,9H2,1H3. The summed E-state index contributed by atoms with van der Waals surface area (Å²) in [6.45, 7) is 0.408. The second-order valence-electron chi connectivity index (χ2n) is 6.36. The molecule has 1 aromatic rings. The topological polar surface area (TPSA) is 66.9 Å². The number of hydrogen-bond acceptors (Lipinski definition) is 4. The van der Waals surface area contributed by atoms with Crippen LogP contribution in [0.2, 0.25) is 0 Å². The van der Waals surface area contributed by atoms with Crippen molar-refractivity contribution in [1.29, 1.82) is 0 Å². The van der Waals surface area contributed by atoms with Crippen molar-refractivity contribution in [2.75, 3.05) is 26.7 Å². The summed E-state index contributed by atoms with van der Waals surface area (Å²) in [4.78, 5) is 12.1. The van der Waals surface area contributed by atoms with E-state index in [0.717, 1.165) is 4.31 Å². The third kappa shape index (κ3) is 3.20. The monoisotopic (exact) mass is 378 g/mol. The average molecular weight is 378 g/mol. The Morgan fingerprint density at radius 1 is 1.08 bits per heavy atom. The molecule has 0 saturated carbocycles. The van der Waals surface area contributed by atoms with Gasteiger partial charge in [-0.05, 0) is 18.9 Å². The van der Waals surface area contributed by atoms with Gasteiger partial charge in [-0.2, -0.15) is 4.31 Å². The van der Waals surface area contributed by atoms with Crippen molar-refractivity contribution in [1.82, 2.24) is 9.21 Å². The highest BCUT2D eigenvalue weighted by Gasteiger charge is 2.45. The van der Waals surface area contributed by atoms with Gasteiger partial charge in [-0.15, -0.1) is 0 Å². The molecule has 0 bridgehead atoms. The lowest BCUT2D eigenvalue weighted by atomic mass is 9.95. The van der Waals surface area contributed by atoms with E-state index in [2.05, 4.69) is 0 Å². The Labute approximate surface area is 143 Å². The van der Waals surface area contributed by atoms with Crippen molar-refractivity contribution in [3.8, 4) is 0 Å². The van der Waals surface area contributed by atoms with Gasteiger partial charge in [0, 0.05) is 32.6 Å². The van der Waals surface area contributed by atoms with Gasteiger partial charge in [0.25, 0.3) is 0 Å². The maximum Gasteiger partial charge on any atom is 0.410 e. The molecule has 2 heterocycles. The van der Waals surface area contributed by atoms with Gasteiger partial charge in [0.15, 0.2) is 11.6 Å². The minimum atomic E-state index is -4.33. The quantitative estimate of drug-likeness (QED) is 0.740. The molecule has 2 saturated heterocycles. The van der Waals surface area contributed by atoms with Crippen LogP contribution in [-0.2, 0) is 14.8 Å². The minimum Gasteiger partial charge on any atom is -0.441 e. The summed E-state index contributed by atoms with van der Waals surface area (Å²) in [6.07, 6.45) is 0.636. The van der Waals surface area contributed by atoms with E-state index in [0.29, 0.717) is 25.5 Å². The third-order valence-corrected chi connectivity index (χ3v) is 6.50. The largest absolute Gasteiger partial charge is 0.441 e. The molecule has 1 atom stereocenters. The smallest absolute Gasteiger partial charge is 0.410 e. The number of sulfonamides is 1. The van der Waals surface area contributed by atoms with E-state index in [1.807, 2.05) is 0 Å². The highest BCUT2D eigenvalue weighted by Crippen LogP contribution is 2.34. The van der Waals surface area contributed by atoms with Gasteiger partial charge in [-0.3, -0.25) is 0 Å². The fraction of sp³-hybridized carbons (Fsp3) is 0.533. The Hall–Kier alpha value is -1.81. The van der Waals surface area contributed by atoms with Crippen molar-refractivity contribution >= 4 is 16.1 Å². The van der Waals surface area contributed by atoms with E-state index in [4.69, 9.17) is 4.74 Å². The maximum atomic E-state index is 13.9. The Morgan fingerprint density at radius 2 is 1.76 bits per heavy atom. The normalized spacial score (nSPS) is 25.3. The van der Waals surface area contributed by atoms with E-state index in [1.165, 1.54) is 4.90 Å². The molecule has 1 aromatic carbocycles. The van der Waals surface area contributed by atoms with Crippen LogP contribution in [-0.4, -0.2) is 56.0 Å². The Kier molecular flexibility index (Phi) is 4.44. The number of rotatable bonds is 2. The predicted molar refractivity (Wildman–Crippen MR) is 80.8 cm³/mol. The molecular weight excluding hydrogens is 361 g/mol. The van der Waals surface area contributed by atoms with Crippen LogP contribution in [0.3, 0.4) is 0 Å². The summed E-state index contributed by atoms with van der Waals surface area (Å²) in [5.41, 5.74) is -0.775. The van der Waals surface area contributed by atoms with Crippen LogP contribution in [0.1, 0.15) is 19.3 Å². The van der Waals surface area contributed by atoms with E-state index < -0.39 is 44.1 Å². The van der Waals surface area contributed by atoms with Crippen LogP contribution in [0.15, 0.2) is 17.0 Å². The Bertz CT molecular complexity index is 817. The fourth-order valence-corrected chi connectivity index (χ4v) is 4.81. The minimum absolute atomic E-state index is 0.0120. The fourth-order valence-electron chi connectivity index (χ4n) is 3.28. The van der Waals surface area contributed by atoms with Crippen molar-refractivity contribution < 1.29 is 31.1 Å². The number of ether oxygens (including phenoxy) is 1. The van der Waals surface area contributed by atoms with Crippen LogP contribution in [0.5, 0.6) is 0 Å². The molecule has 0 aliphatic carbocycles. The molecule has 0 aromatic heterocycles. The SMILES string of the molecule is CN1CC2(CCCN(S(=O)(=O)c3cc(F)c(F)cc3F)CC2)OC1=O. The highest BCUT2D eigenvalue weighted by molar-refractivity contribution is 7.89. The summed E-state index contributed by atoms with van der Waals surface area (Å²) in [5.74, 6) is -4.23. The van der Waals surface area contributed by atoms with Crippen molar-refractivity contribution in [2.24, 2.45) is 0 Å². The van der Waals surface area contributed by atoms with Gasteiger partial charge in [0.05, 0.1) is 6.54 Å². The summed E-state index contributed by atoms with van der Waals surface area (Å²) < 4.78 is 72.0. The summed E-state index contributed by atoms with van der Waals surface area (Å²) in [7, 11) is -2.74. The number of halogens is 3. The molecule has 1 unspecified atom stereocenters. The molecule has 0 radical (unpaired) electrons. The molecule has 2 aliphatic heterocycles. The number of benzene rings is 1. The zero-order chi connectivity index (χ0) is 18.4. The van der Waals surface area contributed by atoms with E-state index in [-0.39, 0.29) is 25.6 Å². The molecule has 10 heteroatoms. The predicted octanol–water partition coefficient (Wildman–Crippen LogP) is 2.10. The van der Waals surface area contributed by atoms with Crippen molar-refractivity contribution in [2.45, 2.75) is 29.8 Å². The number of nitrogens with zero attached hydrogens (tertiary/aromatic N) is 2. The molecule has 1 amide bonds. The van der Waals surface area contributed by atoms with E-state index >= 15 is 0 Å². The third-order valence-electron chi connectivity index (χ3n) is 4.59. The molecule has 138 valence electrons. The molecule has 0 N–H and O–H groups in total. The first-order valence-electron chi connectivity index (χ1n) is 7.73. The van der Waals surface area contributed by atoms with Crippen LogP contribution in [0.25, 0.3) is 0 Å².